The lowest BCUT2D eigenvalue weighted by Gasteiger charge is -2.10. The number of methoxy groups -OCH3 is 1. The summed E-state index contributed by atoms with van der Waals surface area (Å²) >= 11 is 0. The summed E-state index contributed by atoms with van der Waals surface area (Å²) in [5.74, 6) is 1.14. The molecule has 1 aromatic carbocycles. The van der Waals surface area contributed by atoms with Gasteiger partial charge in [0.1, 0.15) is 0 Å². The molecule has 0 radical (unpaired) electrons. The lowest BCUT2D eigenvalue weighted by atomic mass is 10.2. The molecule has 0 fully saturated rings. The maximum Gasteiger partial charge on any atom is 0.188 e. The summed E-state index contributed by atoms with van der Waals surface area (Å²) < 4.78 is 15.4. The first-order valence-corrected chi connectivity index (χ1v) is 4.60. The largest absolute Gasteiger partial charge is 0.490 e. The van der Waals surface area contributed by atoms with Crippen molar-refractivity contribution in [3.05, 3.63) is 23.8 Å². The summed E-state index contributed by atoms with van der Waals surface area (Å²) in [6.07, 6.45) is 0. The van der Waals surface area contributed by atoms with Crippen molar-refractivity contribution in [1.29, 1.82) is 5.26 Å². The molecule has 0 amide bonds. The molecule has 0 bridgehead atoms. The van der Waals surface area contributed by atoms with E-state index in [0.29, 0.717) is 23.7 Å². The van der Waals surface area contributed by atoms with E-state index in [0.717, 1.165) is 0 Å². The quantitative estimate of drug-likeness (QED) is 0.692. The van der Waals surface area contributed by atoms with Crippen LogP contribution in [0, 0.1) is 11.3 Å². The molecule has 1 rings (SSSR count). The van der Waals surface area contributed by atoms with Crippen molar-refractivity contribution in [2.45, 2.75) is 6.92 Å². The molecular weight excluding hydrogens is 194 g/mol. The average Bonchev–Trinajstić information content (AvgIpc) is 2.27. The lowest BCUT2D eigenvalue weighted by molar-refractivity contribution is 0.0487. The molecule has 80 valence electrons. The fourth-order valence-corrected chi connectivity index (χ4v) is 1.09. The van der Waals surface area contributed by atoms with Gasteiger partial charge in [-0.25, -0.2) is 0 Å². The normalized spacial score (nSPS) is 9.40. The van der Waals surface area contributed by atoms with Crippen molar-refractivity contribution in [3.63, 3.8) is 0 Å². The maximum atomic E-state index is 8.73. The van der Waals surface area contributed by atoms with E-state index in [2.05, 4.69) is 0 Å². The lowest BCUT2D eigenvalue weighted by Crippen LogP contribution is -2.02. The number of ether oxygens (including phenoxy) is 3. The van der Waals surface area contributed by atoms with Crippen LogP contribution in [-0.2, 0) is 4.74 Å². The van der Waals surface area contributed by atoms with Crippen molar-refractivity contribution in [2.24, 2.45) is 0 Å². The van der Waals surface area contributed by atoms with E-state index in [-0.39, 0.29) is 6.79 Å². The molecule has 0 saturated heterocycles. The van der Waals surface area contributed by atoms with Crippen LogP contribution in [0.1, 0.15) is 12.5 Å². The second-order valence-corrected chi connectivity index (χ2v) is 2.76. The van der Waals surface area contributed by atoms with Crippen molar-refractivity contribution < 1.29 is 14.2 Å². The Labute approximate surface area is 89.0 Å². The van der Waals surface area contributed by atoms with Crippen LogP contribution >= 0.6 is 0 Å². The van der Waals surface area contributed by atoms with Gasteiger partial charge in [0.05, 0.1) is 18.2 Å². The Hall–Kier alpha value is -1.73. The highest BCUT2D eigenvalue weighted by Crippen LogP contribution is 2.28. The minimum Gasteiger partial charge on any atom is -0.490 e. The monoisotopic (exact) mass is 207 g/mol. The van der Waals surface area contributed by atoms with E-state index in [1.807, 2.05) is 13.0 Å². The molecule has 0 saturated carbocycles. The van der Waals surface area contributed by atoms with Gasteiger partial charge in [0.2, 0.25) is 0 Å². The Morgan fingerprint density at radius 1 is 1.27 bits per heavy atom. The third-order valence-corrected chi connectivity index (χ3v) is 1.70. The molecule has 15 heavy (non-hydrogen) atoms. The molecule has 0 unspecified atom stereocenters. The number of nitriles is 1. The summed E-state index contributed by atoms with van der Waals surface area (Å²) in [6, 6.07) is 7.06. The molecule has 0 aliphatic rings. The van der Waals surface area contributed by atoms with Crippen molar-refractivity contribution >= 4 is 0 Å². The highest BCUT2D eigenvalue weighted by atomic mass is 16.7. The van der Waals surface area contributed by atoms with Crippen LogP contribution in [0.4, 0.5) is 0 Å². The highest BCUT2D eigenvalue weighted by Gasteiger charge is 2.05. The second kappa shape index (κ2) is 5.89. The number of hydrogen-bond donors (Lipinski definition) is 0. The van der Waals surface area contributed by atoms with E-state index < -0.39 is 0 Å². The van der Waals surface area contributed by atoms with Gasteiger partial charge in [-0.1, -0.05) is 0 Å². The zero-order valence-electron chi connectivity index (χ0n) is 8.82. The first-order valence-electron chi connectivity index (χ1n) is 4.60. The van der Waals surface area contributed by atoms with Gasteiger partial charge >= 0.3 is 0 Å². The van der Waals surface area contributed by atoms with Crippen molar-refractivity contribution in [2.75, 3.05) is 20.5 Å². The first-order chi connectivity index (χ1) is 7.31. The molecular formula is C11H13NO3. The summed E-state index contributed by atoms with van der Waals surface area (Å²) in [7, 11) is 1.55. The molecule has 0 heterocycles. The predicted octanol–water partition coefficient (Wildman–Crippen LogP) is 1.94. The van der Waals surface area contributed by atoms with Gasteiger partial charge in [-0.3, -0.25) is 0 Å². The van der Waals surface area contributed by atoms with Crippen LogP contribution in [0.5, 0.6) is 11.5 Å². The first kappa shape index (κ1) is 11.3. The van der Waals surface area contributed by atoms with Gasteiger partial charge < -0.3 is 14.2 Å². The minimum atomic E-state index is 0.159. The standard InChI is InChI=1S/C11H13NO3/c1-3-14-11-6-9(7-12)4-5-10(11)15-8-13-2/h4-6H,3,8H2,1-2H3. The van der Waals surface area contributed by atoms with Crippen LogP contribution in [0.2, 0.25) is 0 Å². The van der Waals surface area contributed by atoms with E-state index in [9.17, 15) is 0 Å². The molecule has 1 aromatic rings. The van der Waals surface area contributed by atoms with E-state index in [1.165, 1.54) is 0 Å². The average molecular weight is 207 g/mol. The molecule has 0 aliphatic heterocycles. The molecule has 0 N–H and O–H groups in total. The summed E-state index contributed by atoms with van der Waals surface area (Å²) in [5.41, 5.74) is 0.545. The number of rotatable bonds is 5. The zero-order chi connectivity index (χ0) is 11.1. The fraction of sp³-hybridized carbons (Fsp3) is 0.364. The Morgan fingerprint density at radius 2 is 2.07 bits per heavy atom. The van der Waals surface area contributed by atoms with E-state index >= 15 is 0 Å². The van der Waals surface area contributed by atoms with Crippen molar-refractivity contribution in [1.82, 2.24) is 0 Å². The number of benzene rings is 1. The molecule has 4 heteroatoms. The van der Waals surface area contributed by atoms with Gasteiger partial charge in [-0.05, 0) is 19.1 Å². The molecule has 0 aromatic heterocycles. The van der Waals surface area contributed by atoms with Crippen LogP contribution in [-0.4, -0.2) is 20.5 Å². The summed E-state index contributed by atoms with van der Waals surface area (Å²) in [5, 5.41) is 8.73. The molecule has 0 spiro atoms. The van der Waals surface area contributed by atoms with Gasteiger partial charge in [0, 0.05) is 13.2 Å². The number of nitrogens with zero attached hydrogens (tertiary/aromatic N) is 1. The van der Waals surface area contributed by atoms with Gasteiger partial charge in [0.15, 0.2) is 18.3 Å². The Bertz CT molecular complexity index is 357. The summed E-state index contributed by atoms with van der Waals surface area (Å²) in [4.78, 5) is 0. The van der Waals surface area contributed by atoms with E-state index in [4.69, 9.17) is 19.5 Å². The zero-order valence-corrected chi connectivity index (χ0v) is 8.82. The molecule has 0 aliphatic carbocycles. The van der Waals surface area contributed by atoms with Crippen molar-refractivity contribution in [3.8, 4) is 17.6 Å². The second-order valence-electron chi connectivity index (χ2n) is 2.76. The summed E-state index contributed by atoms with van der Waals surface area (Å²) in [6.45, 7) is 2.56. The molecule has 0 atom stereocenters. The fourth-order valence-electron chi connectivity index (χ4n) is 1.09. The van der Waals surface area contributed by atoms with Gasteiger partial charge in [-0.2, -0.15) is 5.26 Å². The SMILES string of the molecule is CCOc1cc(C#N)ccc1OCOC. The minimum absolute atomic E-state index is 0.159. The maximum absolute atomic E-state index is 8.73. The van der Waals surface area contributed by atoms with Crippen LogP contribution in [0.25, 0.3) is 0 Å². The Kier molecular flexibility index (Phi) is 4.45. The van der Waals surface area contributed by atoms with Gasteiger partial charge in [0.25, 0.3) is 0 Å². The van der Waals surface area contributed by atoms with Crippen LogP contribution in [0.3, 0.4) is 0 Å². The van der Waals surface area contributed by atoms with E-state index in [1.54, 1.807) is 25.3 Å². The smallest absolute Gasteiger partial charge is 0.188 e. The van der Waals surface area contributed by atoms with Crippen LogP contribution in [0.15, 0.2) is 18.2 Å². The third kappa shape index (κ3) is 3.15. The Balaban J connectivity index is 2.88. The Morgan fingerprint density at radius 3 is 2.67 bits per heavy atom. The number of hydrogen-bond acceptors (Lipinski definition) is 4. The molecule has 4 nitrogen and oxygen atoms in total. The van der Waals surface area contributed by atoms with Gasteiger partial charge in [-0.15, -0.1) is 0 Å². The topological polar surface area (TPSA) is 51.5 Å². The highest BCUT2D eigenvalue weighted by molar-refractivity contribution is 5.46. The predicted molar refractivity (Wildman–Crippen MR) is 54.8 cm³/mol. The van der Waals surface area contributed by atoms with Crippen LogP contribution < -0.4 is 9.47 Å². The third-order valence-electron chi connectivity index (χ3n) is 1.70.